The first-order valence-corrected chi connectivity index (χ1v) is 12.7. The Bertz CT molecular complexity index is 1420. The van der Waals surface area contributed by atoms with Crippen LogP contribution in [0, 0.1) is 11.6 Å². The van der Waals surface area contributed by atoms with Gasteiger partial charge in [-0.15, -0.1) is 0 Å². The molecule has 0 amide bonds. The Kier molecular flexibility index (Phi) is 7.61. The van der Waals surface area contributed by atoms with Gasteiger partial charge < -0.3 is 19.5 Å². The van der Waals surface area contributed by atoms with Gasteiger partial charge in [-0.25, -0.2) is 13.6 Å². The number of carbonyl (C=O) groups is 1. The number of carbonyl (C=O) groups excluding carboxylic acids is 1. The highest BCUT2D eigenvalue weighted by Gasteiger charge is 2.47. The Morgan fingerprint density at radius 2 is 1.54 bits per heavy atom. The zero-order valence-corrected chi connectivity index (χ0v) is 21.7. The molecule has 1 aliphatic heterocycles. The van der Waals surface area contributed by atoms with Crippen LogP contribution in [0.2, 0.25) is 0 Å². The van der Waals surface area contributed by atoms with Gasteiger partial charge in [-0.3, -0.25) is 0 Å². The van der Waals surface area contributed by atoms with Crippen molar-refractivity contribution in [2.75, 3.05) is 5.32 Å². The van der Waals surface area contributed by atoms with Gasteiger partial charge in [0, 0.05) is 17.8 Å². The second-order valence-corrected chi connectivity index (χ2v) is 9.99. The minimum atomic E-state index is -0.924. The molecular formula is C32H29F2NO4. The molecule has 1 aliphatic rings. The van der Waals surface area contributed by atoms with E-state index >= 15 is 0 Å². The summed E-state index contributed by atoms with van der Waals surface area (Å²) in [6.07, 6.45) is -1.46. The van der Waals surface area contributed by atoms with Crippen LogP contribution in [0.1, 0.15) is 47.0 Å². The van der Waals surface area contributed by atoms with Crippen molar-refractivity contribution in [2.24, 2.45) is 0 Å². The van der Waals surface area contributed by atoms with Crippen molar-refractivity contribution < 1.29 is 27.8 Å². The summed E-state index contributed by atoms with van der Waals surface area (Å²) in [6.45, 7) is 4.47. The van der Waals surface area contributed by atoms with Crippen LogP contribution < -0.4 is 10.1 Å². The summed E-state index contributed by atoms with van der Waals surface area (Å²) in [5.41, 5.74) is 2.73. The molecule has 39 heavy (non-hydrogen) atoms. The minimum Gasteiger partial charge on any atom is -0.483 e. The lowest BCUT2D eigenvalue weighted by Crippen LogP contribution is -2.51. The Labute approximate surface area is 226 Å². The monoisotopic (exact) mass is 529 g/mol. The van der Waals surface area contributed by atoms with Crippen LogP contribution in [0.25, 0.3) is 0 Å². The van der Waals surface area contributed by atoms with Crippen LogP contribution in [-0.2, 0) is 22.6 Å². The maximum absolute atomic E-state index is 13.4. The maximum Gasteiger partial charge on any atom is 0.338 e. The molecule has 0 aliphatic carbocycles. The number of ether oxygens (including phenoxy) is 3. The zero-order chi connectivity index (χ0) is 27.4. The van der Waals surface area contributed by atoms with Crippen molar-refractivity contribution in [1.82, 2.24) is 0 Å². The molecule has 5 nitrogen and oxygen atoms in total. The number of hydrogen-bond acceptors (Lipinski definition) is 5. The second kappa shape index (κ2) is 11.3. The van der Waals surface area contributed by atoms with Gasteiger partial charge in [0.1, 0.15) is 29.1 Å². The molecular weight excluding hydrogens is 500 g/mol. The van der Waals surface area contributed by atoms with Gasteiger partial charge in [0.05, 0.1) is 12.2 Å². The summed E-state index contributed by atoms with van der Waals surface area (Å²) < 4.78 is 45.5. The summed E-state index contributed by atoms with van der Waals surface area (Å²) >= 11 is 0. The molecule has 4 aromatic carbocycles. The highest BCUT2D eigenvalue weighted by molar-refractivity contribution is 5.89. The van der Waals surface area contributed by atoms with E-state index in [9.17, 15) is 13.6 Å². The number of fused-ring (bicyclic) bond motifs is 1. The van der Waals surface area contributed by atoms with Crippen LogP contribution in [0.15, 0.2) is 97.1 Å². The summed E-state index contributed by atoms with van der Waals surface area (Å²) in [7, 11) is 0. The third kappa shape index (κ3) is 6.26. The van der Waals surface area contributed by atoms with Crippen molar-refractivity contribution in [3.63, 3.8) is 0 Å². The van der Waals surface area contributed by atoms with Crippen LogP contribution in [-0.4, -0.2) is 17.7 Å². The average Bonchev–Trinajstić information content (AvgIpc) is 2.93. The van der Waals surface area contributed by atoms with E-state index in [0.29, 0.717) is 18.9 Å². The molecule has 0 spiro atoms. The summed E-state index contributed by atoms with van der Waals surface area (Å²) in [6, 6.07) is 26.9. The van der Waals surface area contributed by atoms with E-state index < -0.39 is 29.6 Å². The second-order valence-electron chi connectivity index (χ2n) is 9.99. The van der Waals surface area contributed by atoms with E-state index in [2.05, 4.69) is 5.32 Å². The summed E-state index contributed by atoms with van der Waals surface area (Å²) in [5, 5.41) is 3.36. The molecule has 200 valence electrons. The highest BCUT2D eigenvalue weighted by atomic mass is 19.1. The minimum absolute atomic E-state index is 0.231. The van der Waals surface area contributed by atoms with Crippen LogP contribution in [0.5, 0.6) is 5.75 Å². The fourth-order valence-corrected chi connectivity index (χ4v) is 4.56. The first-order valence-electron chi connectivity index (χ1n) is 12.7. The van der Waals surface area contributed by atoms with Crippen LogP contribution in [0.4, 0.5) is 14.5 Å². The van der Waals surface area contributed by atoms with Gasteiger partial charge in [-0.05, 0) is 79.6 Å². The molecule has 1 heterocycles. The molecule has 1 N–H and O–H groups in total. The number of nitrogens with one attached hydrogen (secondary N) is 1. The van der Waals surface area contributed by atoms with Crippen molar-refractivity contribution in [1.29, 1.82) is 0 Å². The molecule has 0 fully saturated rings. The number of hydrogen-bond donors (Lipinski definition) is 1. The van der Waals surface area contributed by atoms with E-state index in [1.807, 2.05) is 62.4 Å². The lowest BCUT2D eigenvalue weighted by Gasteiger charge is -2.43. The predicted octanol–water partition coefficient (Wildman–Crippen LogP) is 7.23. The number of anilines is 1. The third-order valence-electron chi connectivity index (χ3n) is 6.65. The standard InChI is InChI=1S/C32H29F2NO4/c1-32(2)30(38-31(36)23-10-14-25(34)15-11-23)29(37-20-22-6-4-3-5-7-22)27-18-26(16-17-28(27)39-32)35-19-21-8-12-24(33)13-9-21/h3-18,29-30,35H,19-20H2,1-2H3. The van der Waals surface area contributed by atoms with E-state index in [4.69, 9.17) is 14.2 Å². The van der Waals surface area contributed by atoms with Gasteiger partial charge >= 0.3 is 5.97 Å². The molecule has 0 radical (unpaired) electrons. The quantitative estimate of drug-likeness (QED) is 0.244. The van der Waals surface area contributed by atoms with Crippen molar-refractivity contribution >= 4 is 11.7 Å². The molecule has 5 rings (SSSR count). The van der Waals surface area contributed by atoms with E-state index in [1.165, 1.54) is 36.4 Å². The Balaban J connectivity index is 1.44. The lowest BCUT2D eigenvalue weighted by atomic mass is 9.87. The third-order valence-corrected chi connectivity index (χ3v) is 6.65. The van der Waals surface area contributed by atoms with Crippen LogP contribution in [0.3, 0.4) is 0 Å². The first kappa shape index (κ1) is 26.4. The Morgan fingerprint density at radius 1 is 0.872 bits per heavy atom. The largest absolute Gasteiger partial charge is 0.483 e. The van der Waals surface area contributed by atoms with Crippen molar-refractivity contribution in [3.05, 3.63) is 131 Å². The zero-order valence-electron chi connectivity index (χ0n) is 21.7. The molecule has 7 heteroatoms. The van der Waals surface area contributed by atoms with E-state index in [1.54, 1.807) is 12.1 Å². The van der Waals surface area contributed by atoms with Gasteiger partial charge in [0.15, 0.2) is 6.10 Å². The molecule has 0 bridgehead atoms. The fraction of sp³-hybridized carbons (Fsp3) is 0.219. The van der Waals surface area contributed by atoms with Gasteiger partial charge in [0.2, 0.25) is 0 Å². The van der Waals surface area contributed by atoms with Crippen LogP contribution >= 0.6 is 0 Å². The Morgan fingerprint density at radius 3 is 2.23 bits per heavy atom. The SMILES string of the molecule is CC1(C)Oc2ccc(NCc3ccc(F)cc3)cc2C(OCc2ccccc2)C1OC(=O)c1ccc(F)cc1. The highest BCUT2D eigenvalue weighted by Crippen LogP contribution is 2.45. The Hall–Kier alpha value is -4.23. The average molecular weight is 530 g/mol. The number of rotatable bonds is 8. The fourth-order valence-electron chi connectivity index (χ4n) is 4.56. The number of halogens is 2. The van der Waals surface area contributed by atoms with Crippen molar-refractivity contribution in [2.45, 2.75) is 44.8 Å². The molecule has 0 saturated carbocycles. The van der Waals surface area contributed by atoms with E-state index in [0.717, 1.165) is 22.4 Å². The molecule has 2 atom stereocenters. The normalized spacial score (nSPS) is 17.5. The first-order chi connectivity index (χ1) is 18.8. The molecule has 0 aromatic heterocycles. The summed E-state index contributed by atoms with van der Waals surface area (Å²) in [4.78, 5) is 13.1. The predicted molar refractivity (Wildman–Crippen MR) is 144 cm³/mol. The smallest absolute Gasteiger partial charge is 0.338 e. The molecule has 2 unspecified atom stereocenters. The van der Waals surface area contributed by atoms with E-state index in [-0.39, 0.29) is 11.4 Å². The maximum atomic E-state index is 13.4. The topological polar surface area (TPSA) is 56.8 Å². The number of benzene rings is 4. The van der Waals surface area contributed by atoms with Gasteiger partial charge in [-0.1, -0.05) is 42.5 Å². The summed E-state index contributed by atoms with van der Waals surface area (Å²) in [5.74, 6) is -0.697. The molecule has 4 aromatic rings. The van der Waals surface area contributed by atoms with Gasteiger partial charge in [0.25, 0.3) is 0 Å². The van der Waals surface area contributed by atoms with Gasteiger partial charge in [-0.2, -0.15) is 0 Å². The number of esters is 1. The van der Waals surface area contributed by atoms with Crippen molar-refractivity contribution in [3.8, 4) is 5.75 Å². The molecule has 0 saturated heterocycles. The lowest BCUT2D eigenvalue weighted by molar-refractivity contribution is -0.143.